The number of rotatable bonds is 7. The molecule has 12 heteroatoms. The molecule has 0 heterocycles. The van der Waals surface area contributed by atoms with Gasteiger partial charge in [0.15, 0.2) is 0 Å². The average Bonchev–Trinajstić information content (AvgIpc) is 2.65. The first kappa shape index (κ1) is 20.7. The second-order valence-electron chi connectivity index (χ2n) is 5.11. The van der Waals surface area contributed by atoms with Gasteiger partial charge in [-0.15, -0.1) is 17.0 Å². The van der Waals surface area contributed by atoms with Crippen LogP contribution in [-0.2, 0) is 10.5 Å². The van der Waals surface area contributed by atoms with Gasteiger partial charge in [-0.3, -0.25) is 15.6 Å². The lowest BCUT2D eigenvalue weighted by Gasteiger charge is -2.38. The largest absolute Gasteiger partial charge is 0.769 e. The molecule has 0 aliphatic heterocycles. The predicted molar refractivity (Wildman–Crippen MR) is 96.7 cm³/mol. The van der Waals surface area contributed by atoms with Crippen molar-refractivity contribution < 1.29 is 25.2 Å². The van der Waals surface area contributed by atoms with Crippen LogP contribution in [-0.4, -0.2) is 28.7 Å². The minimum atomic E-state index is -0.887. The molecule has 3 N–H and O–H groups in total. The van der Waals surface area contributed by atoms with Gasteiger partial charge in [-0.25, -0.2) is 4.79 Å². The van der Waals surface area contributed by atoms with Crippen LogP contribution in [0.4, 0.5) is 17.1 Å². The Morgan fingerprint density at radius 2 is 1.70 bits per heavy atom. The SMILES string of the molecule is COC(=O)c1cc(N([O-])[O-])cc(N(O)O)c1SCc1ccc(N([O-])O)cc1. The summed E-state index contributed by atoms with van der Waals surface area (Å²) in [7, 11) is 1.09. The highest BCUT2D eigenvalue weighted by atomic mass is 32.2. The summed E-state index contributed by atoms with van der Waals surface area (Å²) < 4.78 is 4.62. The van der Waals surface area contributed by atoms with Crippen LogP contribution in [0, 0.1) is 15.6 Å². The Kier molecular flexibility index (Phi) is 6.81. The van der Waals surface area contributed by atoms with Crippen molar-refractivity contribution in [2.45, 2.75) is 10.6 Å². The van der Waals surface area contributed by atoms with E-state index >= 15 is 0 Å². The minimum Gasteiger partial charge on any atom is -0.769 e. The van der Waals surface area contributed by atoms with Crippen LogP contribution in [0.1, 0.15) is 15.9 Å². The van der Waals surface area contributed by atoms with Crippen molar-refractivity contribution in [2.75, 3.05) is 22.8 Å². The Morgan fingerprint density at radius 3 is 2.19 bits per heavy atom. The summed E-state index contributed by atoms with van der Waals surface area (Å²) in [4.78, 5) is 12.1. The number of hydrogen-bond acceptors (Lipinski definition) is 12. The fraction of sp³-hybridized carbons (Fsp3) is 0.133. The molecule has 27 heavy (non-hydrogen) atoms. The maximum atomic E-state index is 12.0. The molecule has 0 saturated carbocycles. The number of hydrogen-bond donors (Lipinski definition) is 3. The zero-order valence-electron chi connectivity index (χ0n) is 13.8. The van der Waals surface area contributed by atoms with Crippen molar-refractivity contribution in [3.05, 3.63) is 63.1 Å². The second kappa shape index (κ2) is 8.88. The standard InChI is InChI=1S/C15H14N3O8S/c1-26-15(19)12-6-11(17(22)23)7-13(18(24)25)14(12)27-8-9-2-4-10(5-3-9)16(20)21/h2-7,20,24-25H,8H2,1H3/q-3. The fourth-order valence-electron chi connectivity index (χ4n) is 2.14. The molecular weight excluding hydrogens is 382 g/mol. The van der Waals surface area contributed by atoms with Gasteiger partial charge in [0, 0.05) is 11.4 Å². The van der Waals surface area contributed by atoms with Gasteiger partial charge < -0.3 is 30.8 Å². The molecule has 0 aliphatic rings. The number of thioether (sulfide) groups is 1. The Balaban J connectivity index is 2.39. The van der Waals surface area contributed by atoms with Gasteiger partial charge in [0.1, 0.15) is 5.69 Å². The lowest BCUT2D eigenvalue weighted by Crippen LogP contribution is -2.16. The lowest BCUT2D eigenvalue weighted by molar-refractivity contribution is 0.0276. The van der Waals surface area contributed by atoms with E-state index in [-0.39, 0.29) is 38.0 Å². The van der Waals surface area contributed by atoms with Crippen LogP contribution in [0.2, 0.25) is 0 Å². The number of benzene rings is 2. The van der Waals surface area contributed by atoms with Crippen molar-refractivity contribution in [1.29, 1.82) is 0 Å². The maximum absolute atomic E-state index is 12.0. The number of esters is 1. The summed E-state index contributed by atoms with van der Waals surface area (Å²) in [6.07, 6.45) is 0. The molecule has 11 nitrogen and oxygen atoms in total. The zero-order chi connectivity index (χ0) is 20.1. The smallest absolute Gasteiger partial charge is 0.339 e. The zero-order valence-corrected chi connectivity index (χ0v) is 14.6. The third-order valence-corrected chi connectivity index (χ3v) is 4.62. The van der Waals surface area contributed by atoms with E-state index in [1.807, 2.05) is 0 Å². The second-order valence-corrected chi connectivity index (χ2v) is 6.09. The number of carbonyl (C=O) groups is 1. The number of ether oxygens (including phenoxy) is 1. The van der Waals surface area contributed by atoms with E-state index in [4.69, 9.17) is 5.21 Å². The van der Waals surface area contributed by atoms with Gasteiger partial charge in [-0.05, 0) is 29.8 Å². The van der Waals surface area contributed by atoms with Crippen molar-refractivity contribution in [2.24, 2.45) is 0 Å². The maximum Gasteiger partial charge on any atom is 0.339 e. The molecule has 2 aromatic carbocycles. The Bertz CT molecular complexity index is 798. The highest BCUT2D eigenvalue weighted by Crippen LogP contribution is 2.38. The van der Waals surface area contributed by atoms with E-state index in [9.17, 15) is 30.8 Å². The first-order valence-corrected chi connectivity index (χ1v) is 8.19. The van der Waals surface area contributed by atoms with Crippen LogP contribution in [0.3, 0.4) is 0 Å². The molecule has 0 aliphatic carbocycles. The number of carbonyl (C=O) groups excluding carboxylic acids is 1. The van der Waals surface area contributed by atoms with Crippen molar-refractivity contribution in [3.63, 3.8) is 0 Å². The predicted octanol–water partition coefficient (Wildman–Crippen LogP) is 2.85. The molecule has 2 rings (SSSR count). The molecule has 0 spiro atoms. The summed E-state index contributed by atoms with van der Waals surface area (Å²) in [5.41, 5.74) is -0.407. The molecule has 0 fully saturated rings. The summed E-state index contributed by atoms with van der Waals surface area (Å²) in [6, 6.07) is 7.70. The van der Waals surface area contributed by atoms with Gasteiger partial charge in [0.25, 0.3) is 0 Å². The molecule has 0 unspecified atom stereocenters. The molecule has 0 atom stereocenters. The van der Waals surface area contributed by atoms with Crippen molar-refractivity contribution in [1.82, 2.24) is 0 Å². The van der Waals surface area contributed by atoms with E-state index in [0.29, 0.717) is 5.56 Å². The number of methoxy groups -OCH3 is 1. The van der Waals surface area contributed by atoms with Gasteiger partial charge in [-0.1, -0.05) is 12.1 Å². The van der Waals surface area contributed by atoms with Gasteiger partial charge in [0.05, 0.1) is 23.3 Å². The summed E-state index contributed by atoms with van der Waals surface area (Å²) in [6.45, 7) is 0. The van der Waals surface area contributed by atoms with E-state index in [2.05, 4.69) is 4.74 Å². The van der Waals surface area contributed by atoms with Gasteiger partial charge >= 0.3 is 5.97 Å². The third-order valence-electron chi connectivity index (χ3n) is 3.43. The summed E-state index contributed by atoms with van der Waals surface area (Å²) >= 11 is 0.994. The molecule has 0 bridgehead atoms. The van der Waals surface area contributed by atoms with Crippen molar-refractivity contribution in [3.8, 4) is 0 Å². The van der Waals surface area contributed by atoms with Gasteiger partial charge in [0.2, 0.25) is 0 Å². The Hall–Kier alpha value is -2.58. The summed E-state index contributed by atoms with van der Waals surface area (Å²) in [5, 5.41) is 59.1. The van der Waals surface area contributed by atoms with Crippen LogP contribution in [0.25, 0.3) is 0 Å². The number of anilines is 3. The van der Waals surface area contributed by atoms with Crippen LogP contribution in [0.5, 0.6) is 0 Å². The van der Waals surface area contributed by atoms with Crippen LogP contribution >= 0.6 is 11.8 Å². The van der Waals surface area contributed by atoms with Crippen LogP contribution < -0.4 is 15.7 Å². The van der Waals surface area contributed by atoms with E-state index < -0.39 is 16.9 Å². The average molecular weight is 396 g/mol. The van der Waals surface area contributed by atoms with Crippen molar-refractivity contribution >= 4 is 34.8 Å². The lowest BCUT2D eigenvalue weighted by atomic mass is 10.1. The molecule has 2 aromatic rings. The van der Waals surface area contributed by atoms with E-state index in [1.165, 1.54) is 12.1 Å². The van der Waals surface area contributed by atoms with Crippen LogP contribution in [0.15, 0.2) is 41.3 Å². The molecule has 0 radical (unpaired) electrons. The fourth-order valence-corrected chi connectivity index (χ4v) is 3.23. The molecular formula is C15H14N3O8S-3. The quantitative estimate of drug-likeness (QED) is 0.356. The normalized spacial score (nSPS) is 10.5. The number of nitrogens with zero attached hydrogens (tertiary/aromatic N) is 3. The Labute approximate surface area is 157 Å². The molecule has 0 amide bonds. The van der Waals surface area contributed by atoms with E-state index in [1.54, 1.807) is 12.1 Å². The molecule has 0 saturated heterocycles. The summed E-state index contributed by atoms with van der Waals surface area (Å²) in [5.74, 6) is -0.672. The monoisotopic (exact) mass is 396 g/mol. The van der Waals surface area contributed by atoms with Gasteiger partial charge in [-0.2, -0.15) is 0 Å². The first-order valence-electron chi connectivity index (χ1n) is 7.21. The minimum absolute atomic E-state index is 0.0203. The first-order chi connectivity index (χ1) is 12.7. The third kappa shape index (κ3) is 4.99. The highest BCUT2D eigenvalue weighted by molar-refractivity contribution is 7.98. The van der Waals surface area contributed by atoms with E-state index in [0.717, 1.165) is 31.0 Å². The molecule has 0 aromatic heterocycles. The topological polar surface area (TPSA) is 166 Å². The molecule has 146 valence electrons. The Morgan fingerprint density at radius 1 is 1.07 bits per heavy atom. The highest BCUT2D eigenvalue weighted by Gasteiger charge is 2.20.